The molecule has 6 rings (SSSR count). The van der Waals surface area contributed by atoms with Crippen molar-refractivity contribution in [3.63, 3.8) is 0 Å². The number of hydrogen-bond acceptors (Lipinski definition) is 9. The number of benzene rings is 3. The highest BCUT2D eigenvalue weighted by molar-refractivity contribution is 7.07. The first-order valence-electron chi connectivity index (χ1n) is 16.6. The summed E-state index contributed by atoms with van der Waals surface area (Å²) < 4.78 is 25.0. The molecule has 3 heterocycles. The van der Waals surface area contributed by atoms with Gasteiger partial charge in [0.15, 0.2) is 22.9 Å². The summed E-state index contributed by atoms with van der Waals surface area (Å²) in [6.45, 7) is 8.03. The molecule has 1 aromatic heterocycles. The maximum absolute atomic E-state index is 14.3. The van der Waals surface area contributed by atoms with Crippen LogP contribution >= 0.6 is 11.3 Å². The Morgan fingerprint density at radius 3 is 2.31 bits per heavy atom. The summed E-state index contributed by atoms with van der Waals surface area (Å²) >= 11 is 1.24. The number of esters is 1. The lowest BCUT2D eigenvalue weighted by molar-refractivity contribution is -0.139. The van der Waals surface area contributed by atoms with E-state index in [1.165, 1.54) is 11.3 Å². The predicted octanol–water partition coefficient (Wildman–Crippen LogP) is 4.73. The van der Waals surface area contributed by atoms with Crippen molar-refractivity contribution in [2.75, 3.05) is 39.5 Å². The minimum absolute atomic E-state index is 0.0516. The third-order valence-corrected chi connectivity index (χ3v) is 9.24. The number of aromatic nitrogens is 1. The fourth-order valence-corrected chi connectivity index (χ4v) is 7.02. The van der Waals surface area contributed by atoms with Gasteiger partial charge >= 0.3 is 5.97 Å². The molecule has 0 unspecified atom stereocenters. The van der Waals surface area contributed by atoms with Crippen molar-refractivity contribution in [1.82, 2.24) is 9.47 Å². The van der Waals surface area contributed by atoms with E-state index >= 15 is 0 Å². The highest BCUT2D eigenvalue weighted by Gasteiger charge is 2.35. The van der Waals surface area contributed by atoms with Crippen LogP contribution in [0, 0.1) is 0 Å². The van der Waals surface area contributed by atoms with Crippen LogP contribution < -0.4 is 29.1 Å². The first-order valence-corrected chi connectivity index (χ1v) is 17.4. The normalized spacial score (nSPS) is 15.9. The van der Waals surface area contributed by atoms with E-state index in [2.05, 4.69) is 0 Å². The standard InChI is InChI=1S/C38H39N3O7S/c1-4-45-28-17-15-27(16-18-28)35-33(37(44)47-6-3)34(26-12-8-7-9-13-26)39-38-41(35)36(43)31(49-38)23-25-14-19-29(30(22-25)46-5-2)48-24-32(42)40-20-10-11-21-40/h7-9,12-19,22-23,35H,4-6,10-11,20-21,24H2,1-3H3/b31-23-/t35-/m0/s1. The molecule has 1 atom stereocenters. The third kappa shape index (κ3) is 7.31. The quantitative estimate of drug-likeness (QED) is 0.199. The number of fused-ring (bicyclic) bond motifs is 1. The maximum atomic E-state index is 14.3. The lowest BCUT2D eigenvalue weighted by Gasteiger charge is -2.26. The van der Waals surface area contributed by atoms with Gasteiger partial charge in [-0.25, -0.2) is 9.79 Å². The van der Waals surface area contributed by atoms with Gasteiger partial charge in [-0.15, -0.1) is 0 Å². The fraction of sp³-hybridized carbons (Fsp3) is 0.316. The average Bonchev–Trinajstić information content (AvgIpc) is 3.77. The van der Waals surface area contributed by atoms with Crippen LogP contribution in [0.25, 0.3) is 11.8 Å². The van der Waals surface area contributed by atoms with Gasteiger partial charge in [0.05, 0.1) is 41.7 Å². The number of carbonyl (C=O) groups is 2. The van der Waals surface area contributed by atoms with Crippen molar-refractivity contribution in [2.45, 2.75) is 39.7 Å². The summed E-state index contributed by atoms with van der Waals surface area (Å²) in [6, 6.07) is 21.4. The molecule has 0 bridgehead atoms. The maximum Gasteiger partial charge on any atom is 0.338 e. The smallest absolute Gasteiger partial charge is 0.338 e. The van der Waals surface area contributed by atoms with Gasteiger partial charge in [-0.3, -0.25) is 14.2 Å². The second-order valence-electron chi connectivity index (χ2n) is 11.4. The molecular formula is C38H39N3O7S. The highest BCUT2D eigenvalue weighted by atomic mass is 32.1. The lowest BCUT2D eigenvalue weighted by atomic mass is 9.93. The van der Waals surface area contributed by atoms with Gasteiger partial charge in [0, 0.05) is 18.7 Å². The summed E-state index contributed by atoms with van der Waals surface area (Å²) in [4.78, 5) is 47.8. The van der Waals surface area contributed by atoms with Gasteiger partial charge < -0.3 is 23.8 Å². The molecule has 0 aliphatic carbocycles. The molecule has 1 saturated heterocycles. The van der Waals surface area contributed by atoms with Gasteiger partial charge in [0.1, 0.15) is 5.75 Å². The first-order chi connectivity index (χ1) is 23.9. The number of rotatable bonds is 12. The second-order valence-corrected chi connectivity index (χ2v) is 12.5. The van der Waals surface area contributed by atoms with Crippen LogP contribution in [0.1, 0.15) is 56.3 Å². The molecule has 1 fully saturated rings. The Labute approximate surface area is 288 Å². The van der Waals surface area contributed by atoms with Crippen molar-refractivity contribution < 1.29 is 28.5 Å². The van der Waals surface area contributed by atoms with Gasteiger partial charge in [-0.1, -0.05) is 59.9 Å². The fourth-order valence-electron chi connectivity index (χ4n) is 6.02. The van der Waals surface area contributed by atoms with Crippen LogP contribution in [-0.2, 0) is 14.3 Å². The molecule has 3 aromatic carbocycles. The minimum atomic E-state index is -0.800. The molecule has 0 spiro atoms. The largest absolute Gasteiger partial charge is 0.494 e. The van der Waals surface area contributed by atoms with Crippen LogP contribution in [0.3, 0.4) is 0 Å². The molecule has 0 N–H and O–H groups in total. The van der Waals surface area contributed by atoms with Crippen LogP contribution in [0.5, 0.6) is 17.2 Å². The van der Waals surface area contributed by atoms with Crippen LogP contribution in [-0.4, -0.2) is 60.9 Å². The van der Waals surface area contributed by atoms with Crippen molar-refractivity contribution in [3.8, 4) is 17.2 Å². The zero-order chi connectivity index (χ0) is 34.3. The summed E-state index contributed by atoms with van der Waals surface area (Å²) in [7, 11) is 0. The van der Waals surface area contributed by atoms with E-state index in [0.717, 1.165) is 31.5 Å². The predicted molar refractivity (Wildman–Crippen MR) is 188 cm³/mol. The Balaban J connectivity index is 1.45. The third-order valence-electron chi connectivity index (χ3n) is 8.26. The molecule has 2 aliphatic heterocycles. The number of likely N-dealkylation sites (tertiary alicyclic amines) is 1. The van der Waals surface area contributed by atoms with Gasteiger partial charge in [-0.2, -0.15) is 0 Å². The molecular weight excluding hydrogens is 642 g/mol. The van der Waals surface area contributed by atoms with Crippen LogP contribution in [0.4, 0.5) is 0 Å². The Hall–Kier alpha value is -5.16. The van der Waals surface area contributed by atoms with E-state index in [9.17, 15) is 14.4 Å². The zero-order valence-corrected chi connectivity index (χ0v) is 28.7. The van der Waals surface area contributed by atoms with Gasteiger partial charge in [0.2, 0.25) is 0 Å². The van der Waals surface area contributed by atoms with Gasteiger partial charge in [-0.05, 0) is 75.1 Å². The zero-order valence-electron chi connectivity index (χ0n) is 27.8. The number of nitrogens with zero attached hydrogens (tertiary/aromatic N) is 3. The SMILES string of the molecule is CCOC(=O)C1=C(c2ccccc2)N=c2s/c(=C\c3ccc(OCC(=O)N4CCCC4)c(OCC)c3)c(=O)n2[C@H]1c1ccc(OCC)cc1. The molecule has 10 nitrogen and oxygen atoms in total. The Morgan fingerprint density at radius 1 is 0.878 bits per heavy atom. The molecule has 254 valence electrons. The second kappa shape index (κ2) is 15.4. The molecule has 2 aliphatic rings. The van der Waals surface area contributed by atoms with Crippen LogP contribution in [0.15, 0.2) is 88.2 Å². The minimum Gasteiger partial charge on any atom is -0.494 e. The summed E-state index contributed by atoms with van der Waals surface area (Å²) in [6.07, 6.45) is 3.79. The average molecular weight is 682 g/mol. The summed E-state index contributed by atoms with van der Waals surface area (Å²) in [5.41, 5.74) is 2.59. The van der Waals surface area contributed by atoms with Crippen molar-refractivity contribution in [2.24, 2.45) is 4.99 Å². The van der Waals surface area contributed by atoms with E-state index in [4.69, 9.17) is 23.9 Å². The number of amides is 1. The first kappa shape index (κ1) is 33.7. The number of ether oxygens (including phenoxy) is 4. The molecule has 1 amide bonds. The number of thiazole rings is 1. The lowest BCUT2D eigenvalue weighted by Crippen LogP contribution is -2.40. The molecule has 0 saturated carbocycles. The van der Waals surface area contributed by atoms with Crippen molar-refractivity contribution in [3.05, 3.63) is 115 Å². The topological polar surface area (TPSA) is 109 Å². The Bertz CT molecular complexity index is 2030. The molecule has 4 aromatic rings. The van der Waals surface area contributed by atoms with E-state index in [-0.39, 0.29) is 30.3 Å². The molecule has 0 radical (unpaired) electrons. The van der Waals surface area contributed by atoms with Crippen molar-refractivity contribution in [1.29, 1.82) is 0 Å². The summed E-state index contributed by atoms with van der Waals surface area (Å²) in [5.74, 6) is 1.01. The van der Waals surface area contributed by atoms with E-state index in [0.29, 0.717) is 56.6 Å². The monoisotopic (exact) mass is 681 g/mol. The molecule has 11 heteroatoms. The van der Waals surface area contributed by atoms with Crippen LogP contribution in [0.2, 0.25) is 0 Å². The van der Waals surface area contributed by atoms with E-state index < -0.39 is 12.0 Å². The number of hydrogen-bond donors (Lipinski definition) is 0. The van der Waals surface area contributed by atoms with Crippen molar-refractivity contribution >= 4 is 35.0 Å². The van der Waals surface area contributed by atoms with Gasteiger partial charge in [0.25, 0.3) is 11.5 Å². The Kier molecular flexibility index (Phi) is 10.6. The van der Waals surface area contributed by atoms with E-state index in [1.54, 1.807) is 29.7 Å². The molecule has 49 heavy (non-hydrogen) atoms. The Morgan fingerprint density at radius 2 is 1.61 bits per heavy atom. The number of carbonyl (C=O) groups excluding carboxylic acids is 2. The highest BCUT2D eigenvalue weighted by Crippen LogP contribution is 2.36. The summed E-state index contributed by atoms with van der Waals surface area (Å²) in [5, 5.41) is 0. The van der Waals surface area contributed by atoms with E-state index in [1.807, 2.05) is 79.4 Å².